The number of aromatic nitrogens is 1. The van der Waals surface area contributed by atoms with E-state index >= 15 is 0 Å². The molecule has 0 aromatic carbocycles. The van der Waals surface area contributed by atoms with Gasteiger partial charge in [0.15, 0.2) is 0 Å². The molecule has 8 heteroatoms. The Kier molecular flexibility index (Phi) is 5.24. The van der Waals surface area contributed by atoms with Gasteiger partial charge in [-0.15, -0.1) is 0 Å². The molecule has 72 valence electrons. The van der Waals surface area contributed by atoms with E-state index in [9.17, 15) is 21.9 Å². The van der Waals surface area contributed by atoms with Crippen molar-refractivity contribution >= 4 is 11.1 Å². The van der Waals surface area contributed by atoms with Gasteiger partial charge in [-0.05, 0) is 17.1 Å². The zero-order valence-corrected chi connectivity index (χ0v) is 9.85. The molecule has 1 atom stereocenters. The Balaban J connectivity index is 0.00000169. The fraction of sp³-hybridized carbons (Fsp3) is 0.167. The Morgan fingerprint density at radius 2 is 2.00 bits per heavy atom. The largest absolute Gasteiger partial charge is 1.00 e. The minimum Gasteiger partial charge on any atom is -0.768 e. The van der Waals surface area contributed by atoms with Crippen LogP contribution in [0.4, 0.5) is 13.2 Å². The number of hydrogen-bond acceptors (Lipinski definition) is 3. The van der Waals surface area contributed by atoms with E-state index in [0.29, 0.717) is 12.3 Å². The number of alkyl halides is 3. The fourth-order valence-electron chi connectivity index (χ4n) is 0.747. The van der Waals surface area contributed by atoms with Crippen molar-refractivity contribution in [1.29, 1.82) is 0 Å². The van der Waals surface area contributed by atoms with E-state index in [4.69, 9.17) is 0 Å². The Morgan fingerprint density at radius 3 is 2.36 bits per heavy atom. The van der Waals surface area contributed by atoms with E-state index in [1.165, 1.54) is 0 Å². The second kappa shape index (κ2) is 5.22. The van der Waals surface area contributed by atoms with Crippen molar-refractivity contribution in [2.45, 2.75) is 11.1 Å². The van der Waals surface area contributed by atoms with Gasteiger partial charge in [0.25, 0.3) is 0 Å². The molecule has 1 aromatic rings. The summed E-state index contributed by atoms with van der Waals surface area (Å²) in [5, 5.41) is 0. The number of rotatable bonds is 1. The van der Waals surface area contributed by atoms with E-state index in [1.807, 2.05) is 0 Å². The van der Waals surface area contributed by atoms with Gasteiger partial charge in [-0.2, -0.15) is 13.2 Å². The third kappa shape index (κ3) is 3.32. The standard InChI is InChI=1S/C6H4F3NO2S.Na/c7-6(8,9)4-1-2-10-3-5(4)13(11)12;/h1-3H,(H,11,12);/q;+1/p-1. The van der Waals surface area contributed by atoms with Gasteiger partial charge < -0.3 is 4.55 Å². The van der Waals surface area contributed by atoms with Gasteiger partial charge in [-0.3, -0.25) is 9.19 Å². The summed E-state index contributed by atoms with van der Waals surface area (Å²) in [6, 6.07) is 0.616. The molecule has 1 rings (SSSR count). The van der Waals surface area contributed by atoms with Crippen LogP contribution in [0, 0.1) is 0 Å². The van der Waals surface area contributed by atoms with Crippen LogP contribution in [0.1, 0.15) is 5.56 Å². The molecule has 0 spiro atoms. The predicted octanol–water partition coefficient (Wildman–Crippen LogP) is -1.66. The predicted molar refractivity (Wildman–Crippen MR) is 36.4 cm³/mol. The summed E-state index contributed by atoms with van der Waals surface area (Å²) >= 11 is -2.92. The summed E-state index contributed by atoms with van der Waals surface area (Å²) in [4.78, 5) is 2.45. The molecule has 14 heavy (non-hydrogen) atoms. The van der Waals surface area contributed by atoms with Crippen LogP contribution in [-0.2, 0) is 17.3 Å². The van der Waals surface area contributed by atoms with Gasteiger partial charge in [-0.1, -0.05) is 0 Å². The van der Waals surface area contributed by atoms with E-state index in [2.05, 4.69) is 4.98 Å². The average molecular weight is 233 g/mol. The third-order valence-corrected chi connectivity index (χ3v) is 1.95. The summed E-state index contributed by atoms with van der Waals surface area (Å²) in [7, 11) is 0. The SMILES string of the molecule is O=S([O-])c1cnccc1C(F)(F)F.[Na+]. The molecule has 0 radical (unpaired) electrons. The molecule has 0 fully saturated rings. The first-order chi connectivity index (χ1) is 5.93. The monoisotopic (exact) mass is 233 g/mol. The summed E-state index contributed by atoms with van der Waals surface area (Å²) in [6.45, 7) is 0. The van der Waals surface area contributed by atoms with E-state index in [-0.39, 0.29) is 29.6 Å². The Morgan fingerprint density at radius 1 is 1.43 bits per heavy atom. The van der Waals surface area contributed by atoms with Crippen molar-refractivity contribution in [2.24, 2.45) is 0 Å². The number of nitrogens with zero attached hydrogens (tertiary/aromatic N) is 1. The minimum absolute atomic E-state index is 0. The molecule has 0 saturated carbocycles. The molecule has 0 saturated heterocycles. The Bertz CT molecular complexity index is 344. The number of pyridine rings is 1. The van der Waals surface area contributed by atoms with Gasteiger partial charge in [0, 0.05) is 12.4 Å². The third-order valence-electron chi connectivity index (χ3n) is 1.27. The van der Waals surface area contributed by atoms with Crippen LogP contribution in [0.3, 0.4) is 0 Å². The van der Waals surface area contributed by atoms with Crippen LogP contribution in [0.15, 0.2) is 23.4 Å². The molecule has 1 aromatic heterocycles. The van der Waals surface area contributed by atoms with E-state index < -0.39 is 27.7 Å². The molecular weight excluding hydrogens is 230 g/mol. The zero-order chi connectivity index (χ0) is 10.1. The quantitative estimate of drug-likeness (QED) is 0.431. The number of hydrogen-bond donors (Lipinski definition) is 0. The summed E-state index contributed by atoms with van der Waals surface area (Å²) in [5.74, 6) is 0. The molecule has 0 aliphatic heterocycles. The van der Waals surface area contributed by atoms with Crippen molar-refractivity contribution in [3.05, 3.63) is 24.0 Å². The minimum atomic E-state index is -4.67. The maximum atomic E-state index is 12.1. The maximum absolute atomic E-state index is 12.1. The molecular formula is C6H3F3NNaO2S. The average Bonchev–Trinajstić information content (AvgIpc) is 2.03. The summed E-state index contributed by atoms with van der Waals surface area (Å²) in [5.41, 5.74) is -1.20. The first-order valence-corrected chi connectivity index (χ1v) is 4.11. The first kappa shape index (κ1) is 14.1. The number of halogens is 3. The smallest absolute Gasteiger partial charge is 0.768 e. The molecule has 1 unspecified atom stereocenters. The van der Waals surface area contributed by atoms with Crippen molar-refractivity contribution in [3.63, 3.8) is 0 Å². The second-order valence-corrected chi connectivity index (χ2v) is 3.01. The van der Waals surface area contributed by atoms with Crippen molar-refractivity contribution < 1.29 is 51.5 Å². The molecule has 3 nitrogen and oxygen atoms in total. The fourth-order valence-corrected chi connectivity index (χ4v) is 1.26. The normalized spacial score (nSPS) is 13.1. The summed E-state index contributed by atoms with van der Waals surface area (Å²) in [6.07, 6.45) is -3.12. The van der Waals surface area contributed by atoms with Gasteiger partial charge in [0.05, 0.1) is 10.5 Å². The molecule has 0 N–H and O–H groups in total. The Labute approximate surface area is 102 Å². The molecule has 0 aliphatic carbocycles. The van der Waals surface area contributed by atoms with Gasteiger partial charge >= 0.3 is 35.7 Å². The van der Waals surface area contributed by atoms with Gasteiger partial charge in [-0.25, -0.2) is 0 Å². The van der Waals surface area contributed by atoms with Gasteiger partial charge in [0.2, 0.25) is 0 Å². The second-order valence-electron chi connectivity index (χ2n) is 2.10. The van der Waals surface area contributed by atoms with Crippen molar-refractivity contribution in [3.8, 4) is 0 Å². The van der Waals surface area contributed by atoms with Crippen LogP contribution in [0.25, 0.3) is 0 Å². The summed E-state index contributed by atoms with van der Waals surface area (Å²) < 4.78 is 57.0. The van der Waals surface area contributed by atoms with Crippen molar-refractivity contribution in [1.82, 2.24) is 4.98 Å². The van der Waals surface area contributed by atoms with Gasteiger partial charge in [0.1, 0.15) is 0 Å². The first-order valence-electron chi connectivity index (χ1n) is 3.03. The molecule has 0 aliphatic rings. The van der Waals surface area contributed by atoms with Crippen LogP contribution < -0.4 is 29.6 Å². The van der Waals surface area contributed by atoms with Crippen LogP contribution in [0.5, 0.6) is 0 Å². The topological polar surface area (TPSA) is 53.0 Å². The maximum Gasteiger partial charge on any atom is 1.00 e. The molecule has 1 heterocycles. The van der Waals surface area contributed by atoms with E-state index in [1.54, 1.807) is 0 Å². The molecule has 0 amide bonds. The van der Waals surface area contributed by atoms with E-state index in [0.717, 1.165) is 6.20 Å². The molecule has 0 bridgehead atoms. The van der Waals surface area contributed by atoms with Crippen LogP contribution >= 0.6 is 0 Å². The van der Waals surface area contributed by atoms with Crippen LogP contribution in [0.2, 0.25) is 0 Å². The zero-order valence-electron chi connectivity index (χ0n) is 7.04. The van der Waals surface area contributed by atoms with Crippen LogP contribution in [-0.4, -0.2) is 13.7 Å². The Hall–Kier alpha value is 0.0500. The van der Waals surface area contributed by atoms with Crippen molar-refractivity contribution in [2.75, 3.05) is 0 Å².